The molecule has 0 aromatic heterocycles. The molecule has 1 saturated carbocycles. The molecule has 122 valence electrons. The molecule has 23 heavy (non-hydrogen) atoms. The first-order chi connectivity index (χ1) is 10.9. The fourth-order valence-corrected chi connectivity index (χ4v) is 3.02. The van der Waals surface area contributed by atoms with E-state index in [9.17, 15) is 14.4 Å². The van der Waals surface area contributed by atoms with Crippen LogP contribution in [-0.4, -0.2) is 54.3 Å². The third-order valence-corrected chi connectivity index (χ3v) is 4.67. The first kappa shape index (κ1) is 15.8. The molecule has 1 saturated heterocycles. The fourth-order valence-electron chi connectivity index (χ4n) is 2.82. The normalized spacial score (nSPS) is 18.4. The summed E-state index contributed by atoms with van der Waals surface area (Å²) in [5.41, 5.74) is 0.660. The van der Waals surface area contributed by atoms with Gasteiger partial charge in [-0.05, 0) is 37.5 Å². The Hall–Kier alpha value is -2.08. The van der Waals surface area contributed by atoms with E-state index in [0.29, 0.717) is 5.56 Å². The smallest absolute Gasteiger partial charge is 0.332 e. The van der Waals surface area contributed by atoms with Crippen molar-refractivity contribution in [2.45, 2.75) is 25.3 Å². The van der Waals surface area contributed by atoms with Gasteiger partial charge in [-0.2, -0.15) is 0 Å². The first-order valence-electron chi connectivity index (χ1n) is 7.55. The Bertz CT molecular complexity index is 685. The van der Waals surface area contributed by atoms with E-state index in [-0.39, 0.29) is 41.1 Å². The van der Waals surface area contributed by atoms with Gasteiger partial charge in [0.15, 0.2) is 0 Å². The number of benzene rings is 1. The van der Waals surface area contributed by atoms with E-state index in [1.54, 1.807) is 31.1 Å². The predicted octanol–water partition coefficient (Wildman–Crippen LogP) is 2.36. The molecule has 3 rings (SSSR count). The molecule has 1 aliphatic carbocycles. The molecule has 0 atom stereocenters. The number of rotatable bonds is 3. The monoisotopic (exact) mass is 335 g/mol. The van der Waals surface area contributed by atoms with E-state index < -0.39 is 0 Å². The number of urea groups is 1. The zero-order valence-electron chi connectivity index (χ0n) is 13.1. The van der Waals surface area contributed by atoms with Crippen LogP contribution >= 0.6 is 11.6 Å². The van der Waals surface area contributed by atoms with E-state index in [2.05, 4.69) is 0 Å². The Morgan fingerprint density at radius 1 is 1.26 bits per heavy atom. The summed E-state index contributed by atoms with van der Waals surface area (Å²) in [6, 6.07) is 4.42. The zero-order chi connectivity index (χ0) is 16.7. The van der Waals surface area contributed by atoms with Gasteiger partial charge in [0.25, 0.3) is 11.8 Å². The van der Waals surface area contributed by atoms with Crippen LogP contribution in [0, 0.1) is 0 Å². The van der Waals surface area contributed by atoms with Crippen LogP contribution in [0.2, 0.25) is 5.02 Å². The molecule has 1 aromatic carbocycles. The minimum atomic E-state index is -0.351. The van der Waals surface area contributed by atoms with Crippen LogP contribution in [0.1, 0.15) is 29.6 Å². The number of nitrogens with zero attached hydrogens (tertiary/aromatic N) is 3. The molecule has 2 fully saturated rings. The summed E-state index contributed by atoms with van der Waals surface area (Å²) >= 11 is 6.18. The number of amides is 4. The van der Waals surface area contributed by atoms with Crippen molar-refractivity contribution in [3.8, 4) is 0 Å². The second kappa shape index (κ2) is 5.85. The average Bonchev–Trinajstić information content (AvgIpc) is 2.72. The third-order valence-electron chi connectivity index (χ3n) is 4.35. The summed E-state index contributed by atoms with van der Waals surface area (Å²) in [6.07, 6.45) is 2.94. The second-order valence-corrected chi connectivity index (χ2v) is 6.50. The highest BCUT2D eigenvalue weighted by molar-refractivity contribution is 6.36. The Kier molecular flexibility index (Phi) is 4.02. The van der Waals surface area contributed by atoms with E-state index in [1.807, 2.05) is 0 Å². The molecule has 7 heteroatoms. The standard InChI is InChI=1S/C16H18ClN3O3/c1-18(2)15(22)10-6-7-12(17)13(8-10)20-14(21)9-19(16(20)23)11-4-3-5-11/h6-8,11H,3-5,9H2,1-2H3. The lowest BCUT2D eigenvalue weighted by molar-refractivity contribution is -0.117. The zero-order valence-corrected chi connectivity index (χ0v) is 13.8. The van der Waals surface area contributed by atoms with Crippen molar-refractivity contribution in [2.24, 2.45) is 0 Å². The highest BCUT2D eigenvalue weighted by Gasteiger charge is 2.43. The summed E-state index contributed by atoms with van der Waals surface area (Å²) < 4.78 is 0. The highest BCUT2D eigenvalue weighted by Crippen LogP contribution is 2.34. The highest BCUT2D eigenvalue weighted by atomic mass is 35.5. The molecule has 1 aliphatic heterocycles. The molecule has 0 unspecified atom stereocenters. The quantitative estimate of drug-likeness (QED) is 0.797. The van der Waals surface area contributed by atoms with E-state index in [1.165, 1.54) is 11.0 Å². The van der Waals surface area contributed by atoms with Crippen LogP contribution in [0.25, 0.3) is 0 Å². The van der Waals surface area contributed by atoms with Gasteiger partial charge in [-0.3, -0.25) is 9.59 Å². The SMILES string of the molecule is CN(C)C(=O)c1ccc(Cl)c(N2C(=O)CN(C3CCC3)C2=O)c1. The Morgan fingerprint density at radius 3 is 2.52 bits per heavy atom. The molecule has 0 bridgehead atoms. The number of carbonyl (C=O) groups is 3. The Morgan fingerprint density at radius 2 is 1.96 bits per heavy atom. The van der Waals surface area contributed by atoms with Gasteiger partial charge in [0.05, 0.1) is 10.7 Å². The van der Waals surface area contributed by atoms with Crippen LogP contribution < -0.4 is 4.90 Å². The maximum absolute atomic E-state index is 12.6. The van der Waals surface area contributed by atoms with Crippen molar-refractivity contribution in [1.29, 1.82) is 0 Å². The topological polar surface area (TPSA) is 60.9 Å². The van der Waals surface area contributed by atoms with Gasteiger partial charge in [0.1, 0.15) is 6.54 Å². The van der Waals surface area contributed by atoms with Crippen LogP contribution in [0.5, 0.6) is 0 Å². The van der Waals surface area contributed by atoms with Crippen molar-refractivity contribution in [2.75, 3.05) is 25.5 Å². The minimum absolute atomic E-state index is 0.0751. The number of hydrogen-bond donors (Lipinski definition) is 0. The van der Waals surface area contributed by atoms with Crippen molar-refractivity contribution in [1.82, 2.24) is 9.80 Å². The third kappa shape index (κ3) is 2.67. The van der Waals surface area contributed by atoms with Crippen LogP contribution in [0.3, 0.4) is 0 Å². The van der Waals surface area contributed by atoms with Gasteiger partial charge in [0.2, 0.25) is 0 Å². The molecule has 0 radical (unpaired) electrons. The summed E-state index contributed by atoms with van der Waals surface area (Å²) in [5, 5.41) is 0.275. The van der Waals surface area contributed by atoms with Gasteiger partial charge in [-0.1, -0.05) is 11.6 Å². The minimum Gasteiger partial charge on any atom is -0.345 e. The second-order valence-electron chi connectivity index (χ2n) is 6.09. The lowest BCUT2D eigenvalue weighted by Gasteiger charge is -2.33. The average molecular weight is 336 g/mol. The lowest BCUT2D eigenvalue weighted by Crippen LogP contribution is -2.43. The van der Waals surface area contributed by atoms with Gasteiger partial charge in [-0.15, -0.1) is 0 Å². The lowest BCUT2D eigenvalue weighted by atomic mass is 9.92. The number of anilines is 1. The number of halogens is 1. The molecule has 6 nitrogen and oxygen atoms in total. The molecule has 1 aromatic rings. The Balaban J connectivity index is 1.94. The van der Waals surface area contributed by atoms with E-state index >= 15 is 0 Å². The molecule has 0 N–H and O–H groups in total. The van der Waals surface area contributed by atoms with Crippen LogP contribution in [0.4, 0.5) is 10.5 Å². The molecular weight excluding hydrogens is 318 g/mol. The number of imide groups is 1. The first-order valence-corrected chi connectivity index (χ1v) is 7.92. The summed E-state index contributed by atoms with van der Waals surface area (Å²) in [4.78, 5) is 41.1. The van der Waals surface area contributed by atoms with Gasteiger partial charge >= 0.3 is 6.03 Å². The molecule has 0 spiro atoms. The van der Waals surface area contributed by atoms with E-state index in [0.717, 1.165) is 24.2 Å². The molecule has 1 heterocycles. The van der Waals surface area contributed by atoms with Crippen molar-refractivity contribution >= 4 is 35.1 Å². The van der Waals surface area contributed by atoms with Crippen molar-refractivity contribution < 1.29 is 14.4 Å². The molecule has 4 amide bonds. The summed E-state index contributed by atoms with van der Waals surface area (Å²) in [7, 11) is 3.28. The van der Waals surface area contributed by atoms with Crippen molar-refractivity contribution in [3.63, 3.8) is 0 Å². The predicted molar refractivity (Wildman–Crippen MR) is 86.7 cm³/mol. The summed E-state index contributed by atoms with van der Waals surface area (Å²) in [5.74, 6) is -0.517. The maximum atomic E-state index is 12.6. The van der Waals surface area contributed by atoms with Gasteiger partial charge < -0.3 is 9.80 Å². The van der Waals surface area contributed by atoms with E-state index in [4.69, 9.17) is 11.6 Å². The van der Waals surface area contributed by atoms with Crippen molar-refractivity contribution in [3.05, 3.63) is 28.8 Å². The summed E-state index contributed by atoms with van der Waals surface area (Å²) in [6.45, 7) is 0.0751. The maximum Gasteiger partial charge on any atom is 0.332 e. The number of hydrogen-bond acceptors (Lipinski definition) is 3. The fraction of sp³-hybridized carbons (Fsp3) is 0.438. The van der Waals surface area contributed by atoms with Gasteiger partial charge in [0, 0.05) is 25.7 Å². The molecule has 2 aliphatic rings. The molecular formula is C16H18ClN3O3. The van der Waals surface area contributed by atoms with Crippen LogP contribution in [-0.2, 0) is 4.79 Å². The van der Waals surface area contributed by atoms with Crippen LogP contribution in [0.15, 0.2) is 18.2 Å². The Labute approximate surface area is 139 Å². The number of carbonyl (C=O) groups excluding carboxylic acids is 3. The largest absolute Gasteiger partial charge is 0.345 e. The van der Waals surface area contributed by atoms with Gasteiger partial charge in [-0.25, -0.2) is 9.69 Å².